The van der Waals surface area contributed by atoms with Gasteiger partial charge < -0.3 is 4.74 Å². The fraction of sp³-hybridized carbons (Fsp3) is 0.222. The predicted octanol–water partition coefficient (Wildman–Crippen LogP) is 3.28. The van der Waals surface area contributed by atoms with Gasteiger partial charge in [-0.15, -0.1) is 0 Å². The van der Waals surface area contributed by atoms with E-state index in [-0.39, 0.29) is 6.07 Å². The van der Waals surface area contributed by atoms with E-state index in [0.29, 0.717) is 6.07 Å². The molecule has 0 atom stereocenters. The van der Waals surface area contributed by atoms with E-state index in [1.54, 1.807) is 0 Å². The number of carbonyl (C=O) groups excluding carboxylic acids is 1. The van der Waals surface area contributed by atoms with Gasteiger partial charge in [-0.3, -0.25) is 0 Å². The first-order valence-electron chi connectivity index (χ1n) is 3.92. The minimum atomic E-state index is -4.85. The second kappa shape index (κ2) is 4.29. The molecule has 0 radical (unpaired) electrons. The van der Waals surface area contributed by atoms with Crippen LogP contribution in [0.2, 0.25) is 5.02 Å². The van der Waals surface area contributed by atoms with Crippen molar-refractivity contribution in [2.45, 2.75) is 6.18 Å². The molecule has 88 valence electrons. The summed E-state index contributed by atoms with van der Waals surface area (Å²) in [7, 11) is 0.916. The molecule has 1 rings (SSSR count). The highest BCUT2D eigenvalue weighted by Gasteiger charge is 2.36. The Morgan fingerprint density at radius 2 is 1.94 bits per heavy atom. The Labute approximate surface area is 92.8 Å². The number of benzene rings is 1. The fourth-order valence-corrected chi connectivity index (χ4v) is 1.22. The van der Waals surface area contributed by atoms with Crippen LogP contribution in [0.25, 0.3) is 0 Å². The van der Waals surface area contributed by atoms with Crippen LogP contribution in [-0.4, -0.2) is 13.1 Å². The zero-order chi connectivity index (χ0) is 12.5. The van der Waals surface area contributed by atoms with E-state index in [2.05, 4.69) is 4.74 Å². The lowest BCUT2D eigenvalue weighted by Gasteiger charge is -2.11. The third-order valence-corrected chi connectivity index (χ3v) is 2.06. The Hall–Kier alpha value is -1.30. The largest absolute Gasteiger partial charge is 0.465 e. The van der Waals surface area contributed by atoms with Gasteiger partial charge >= 0.3 is 12.1 Å². The van der Waals surface area contributed by atoms with Crippen molar-refractivity contribution in [2.75, 3.05) is 7.11 Å². The van der Waals surface area contributed by atoms with Crippen LogP contribution in [0.5, 0.6) is 0 Å². The number of halogens is 5. The number of carbonyl (C=O) groups is 1. The molecule has 1 aromatic rings. The quantitative estimate of drug-likeness (QED) is 0.569. The first kappa shape index (κ1) is 12.8. The molecule has 0 amide bonds. The van der Waals surface area contributed by atoms with E-state index in [1.165, 1.54) is 0 Å². The third kappa shape index (κ3) is 2.44. The Balaban J connectivity index is 3.45. The minimum absolute atomic E-state index is 0.161. The van der Waals surface area contributed by atoms with Gasteiger partial charge in [-0.2, -0.15) is 13.2 Å². The van der Waals surface area contributed by atoms with Crippen molar-refractivity contribution in [1.82, 2.24) is 0 Å². The van der Waals surface area contributed by atoms with Crippen LogP contribution in [0.4, 0.5) is 17.6 Å². The monoisotopic (exact) mass is 256 g/mol. The summed E-state index contributed by atoms with van der Waals surface area (Å²) in [6.45, 7) is 0. The van der Waals surface area contributed by atoms with Crippen LogP contribution in [-0.2, 0) is 10.9 Å². The lowest BCUT2D eigenvalue weighted by molar-refractivity contribution is -0.138. The van der Waals surface area contributed by atoms with E-state index < -0.39 is 34.1 Å². The van der Waals surface area contributed by atoms with E-state index in [1.807, 2.05) is 0 Å². The maximum Gasteiger partial charge on any atom is 0.417 e. The summed E-state index contributed by atoms with van der Waals surface area (Å²) in [5.74, 6) is -2.48. The molecule has 0 aliphatic rings. The molecule has 0 fully saturated rings. The van der Waals surface area contributed by atoms with Gasteiger partial charge in [0, 0.05) is 0 Å². The number of hydrogen-bond donors (Lipinski definition) is 0. The Bertz CT molecular complexity index is 428. The predicted molar refractivity (Wildman–Crippen MR) is 47.8 cm³/mol. The molecule has 0 bridgehead atoms. The standard InChI is InChI=1S/C9H5ClF4O2/c1-16-8(15)4-2-6(10)7(11)3-5(4)9(12,13)14/h2-3H,1H3. The lowest BCUT2D eigenvalue weighted by atomic mass is 10.1. The van der Waals surface area contributed by atoms with Crippen LogP contribution in [0.1, 0.15) is 15.9 Å². The average Bonchev–Trinajstić information content (AvgIpc) is 2.18. The molecule has 2 nitrogen and oxygen atoms in total. The number of alkyl halides is 3. The van der Waals surface area contributed by atoms with E-state index in [4.69, 9.17) is 11.6 Å². The van der Waals surface area contributed by atoms with Gasteiger partial charge in [-0.1, -0.05) is 11.6 Å². The molecule has 0 saturated heterocycles. The summed E-state index contributed by atoms with van der Waals surface area (Å²) < 4.78 is 54.3. The molecule has 0 heterocycles. The van der Waals surface area contributed by atoms with Crippen LogP contribution in [0.3, 0.4) is 0 Å². The molecule has 0 aliphatic carbocycles. The maximum absolute atomic E-state index is 12.9. The van der Waals surface area contributed by atoms with Crippen molar-refractivity contribution in [3.05, 3.63) is 34.1 Å². The summed E-state index contributed by atoms with van der Waals surface area (Å²) in [6.07, 6.45) is -4.85. The lowest BCUT2D eigenvalue weighted by Crippen LogP contribution is -2.14. The number of ether oxygens (including phenoxy) is 1. The summed E-state index contributed by atoms with van der Waals surface area (Å²) in [5.41, 5.74) is -2.23. The summed E-state index contributed by atoms with van der Waals surface area (Å²) >= 11 is 5.29. The highest BCUT2D eigenvalue weighted by atomic mass is 35.5. The highest BCUT2D eigenvalue weighted by molar-refractivity contribution is 6.31. The molecule has 0 spiro atoms. The van der Waals surface area contributed by atoms with Crippen molar-refractivity contribution in [3.8, 4) is 0 Å². The molecule has 0 aliphatic heterocycles. The van der Waals surface area contributed by atoms with Gasteiger partial charge in [-0.25, -0.2) is 9.18 Å². The van der Waals surface area contributed by atoms with Gasteiger partial charge in [0.1, 0.15) is 5.82 Å². The second-order valence-electron chi connectivity index (χ2n) is 2.80. The van der Waals surface area contributed by atoms with Crippen molar-refractivity contribution >= 4 is 17.6 Å². The Morgan fingerprint density at radius 1 is 1.38 bits per heavy atom. The van der Waals surface area contributed by atoms with Crippen LogP contribution in [0.15, 0.2) is 12.1 Å². The Morgan fingerprint density at radius 3 is 2.38 bits per heavy atom. The first-order valence-corrected chi connectivity index (χ1v) is 4.29. The van der Waals surface area contributed by atoms with Gasteiger partial charge in [0.2, 0.25) is 0 Å². The zero-order valence-electron chi connectivity index (χ0n) is 7.86. The minimum Gasteiger partial charge on any atom is -0.465 e. The van der Waals surface area contributed by atoms with Gasteiger partial charge in [0.05, 0.1) is 23.3 Å². The third-order valence-electron chi connectivity index (χ3n) is 1.77. The Kier molecular flexibility index (Phi) is 3.42. The summed E-state index contributed by atoms with van der Waals surface area (Å²) in [4.78, 5) is 11.0. The van der Waals surface area contributed by atoms with Crippen molar-refractivity contribution in [3.63, 3.8) is 0 Å². The van der Waals surface area contributed by atoms with E-state index >= 15 is 0 Å². The number of rotatable bonds is 1. The molecule has 1 aromatic carbocycles. The van der Waals surface area contributed by atoms with Crippen LogP contribution >= 0.6 is 11.6 Å². The van der Waals surface area contributed by atoms with E-state index in [0.717, 1.165) is 7.11 Å². The molecular weight excluding hydrogens is 252 g/mol. The molecule has 16 heavy (non-hydrogen) atoms. The SMILES string of the molecule is COC(=O)c1cc(Cl)c(F)cc1C(F)(F)F. The second-order valence-corrected chi connectivity index (χ2v) is 3.21. The molecule has 0 N–H and O–H groups in total. The molecule has 7 heteroatoms. The molecule has 0 saturated carbocycles. The first-order chi connectivity index (χ1) is 7.27. The van der Waals surface area contributed by atoms with Gasteiger partial charge in [0.25, 0.3) is 0 Å². The van der Waals surface area contributed by atoms with Crippen molar-refractivity contribution in [1.29, 1.82) is 0 Å². The maximum atomic E-state index is 12.9. The number of methoxy groups -OCH3 is 1. The number of hydrogen-bond acceptors (Lipinski definition) is 2. The summed E-state index contributed by atoms with van der Waals surface area (Å²) in [5, 5.41) is -0.576. The van der Waals surface area contributed by atoms with Crippen LogP contribution in [0, 0.1) is 5.82 Å². The van der Waals surface area contributed by atoms with Crippen LogP contribution < -0.4 is 0 Å². The number of esters is 1. The average molecular weight is 257 g/mol. The summed E-state index contributed by atoms with van der Waals surface area (Å²) in [6, 6.07) is 0.750. The van der Waals surface area contributed by atoms with E-state index in [9.17, 15) is 22.4 Å². The fourth-order valence-electron chi connectivity index (χ4n) is 1.06. The normalized spacial score (nSPS) is 11.4. The molecular formula is C9H5ClF4O2. The molecule has 0 aromatic heterocycles. The molecule has 0 unspecified atom stereocenters. The van der Waals surface area contributed by atoms with Gasteiger partial charge in [0.15, 0.2) is 0 Å². The van der Waals surface area contributed by atoms with Crippen molar-refractivity contribution in [2.24, 2.45) is 0 Å². The highest BCUT2D eigenvalue weighted by Crippen LogP contribution is 2.34. The smallest absolute Gasteiger partial charge is 0.417 e. The zero-order valence-corrected chi connectivity index (χ0v) is 8.62. The van der Waals surface area contributed by atoms with Gasteiger partial charge in [-0.05, 0) is 12.1 Å². The topological polar surface area (TPSA) is 26.3 Å². The van der Waals surface area contributed by atoms with Crippen molar-refractivity contribution < 1.29 is 27.1 Å².